The fourth-order valence-corrected chi connectivity index (χ4v) is 2.51. The monoisotopic (exact) mass is 218 g/mol. The maximum atomic E-state index is 11.1. The zero-order valence-electron chi connectivity index (χ0n) is 9.85. The van der Waals surface area contributed by atoms with Gasteiger partial charge in [-0.25, -0.2) is 0 Å². The fourth-order valence-electron chi connectivity index (χ4n) is 2.24. The van der Waals surface area contributed by atoms with Crippen LogP contribution in [0.5, 0.6) is 0 Å². The molecule has 0 saturated heterocycles. The van der Waals surface area contributed by atoms with Gasteiger partial charge in [0.05, 0.1) is 0 Å². The molecule has 0 bridgehead atoms. The van der Waals surface area contributed by atoms with Crippen molar-refractivity contribution in [2.45, 2.75) is 53.4 Å². The smallest absolute Gasteiger partial charge is 0.225 e. The summed E-state index contributed by atoms with van der Waals surface area (Å²) in [5, 5.41) is -0.117. The van der Waals surface area contributed by atoms with Gasteiger partial charge in [-0.15, -0.1) is 0 Å². The number of hydrogen-bond donors (Lipinski definition) is 0. The minimum Gasteiger partial charge on any atom is -0.281 e. The summed E-state index contributed by atoms with van der Waals surface area (Å²) in [5.74, 6) is 1.27. The molecule has 1 aliphatic carbocycles. The van der Waals surface area contributed by atoms with Crippen molar-refractivity contribution < 1.29 is 4.79 Å². The quantitative estimate of drug-likeness (QED) is 0.634. The van der Waals surface area contributed by atoms with E-state index in [1.807, 2.05) is 13.8 Å². The summed E-state index contributed by atoms with van der Waals surface area (Å²) >= 11 is 5.56. The third kappa shape index (κ3) is 4.00. The molecule has 0 N–H and O–H groups in total. The van der Waals surface area contributed by atoms with Gasteiger partial charge >= 0.3 is 0 Å². The molecule has 2 atom stereocenters. The molecule has 1 saturated carbocycles. The van der Waals surface area contributed by atoms with E-state index in [0.29, 0.717) is 11.8 Å². The Labute approximate surface area is 93.2 Å². The highest BCUT2D eigenvalue weighted by atomic mass is 35.5. The van der Waals surface area contributed by atoms with E-state index in [0.717, 1.165) is 6.42 Å². The van der Waals surface area contributed by atoms with E-state index < -0.39 is 0 Å². The summed E-state index contributed by atoms with van der Waals surface area (Å²) in [4.78, 5) is 11.1. The third-order valence-corrected chi connectivity index (χ3v) is 3.25. The predicted molar refractivity (Wildman–Crippen MR) is 62.5 cm³/mol. The first-order valence-corrected chi connectivity index (χ1v) is 6.20. The summed E-state index contributed by atoms with van der Waals surface area (Å²) in [6, 6.07) is 0. The fraction of sp³-hybridized carbons (Fsp3) is 0.917. The molecule has 0 spiro atoms. The Balaban J connectivity index is 0.000000791. The van der Waals surface area contributed by atoms with Gasteiger partial charge in [-0.1, -0.05) is 40.5 Å². The molecule has 0 amide bonds. The minimum absolute atomic E-state index is 0.117. The summed E-state index contributed by atoms with van der Waals surface area (Å²) in [7, 11) is 0. The summed E-state index contributed by atoms with van der Waals surface area (Å²) in [6.07, 6.45) is 4.63. The van der Waals surface area contributed by atoms with Crippen LogP contribution in [0.15, 0.2) is 0 Å². The maximum Gasteiger partial charge on any atom is 0.225 e. The largest absolute Gasteiger partial charge is 0.281 e. The van der Waals surface area contributed by atoms with Crippen molar-refractivity contribution >= 4 is 16.8 Å². The second-order valence-corrected chi connectivity index (χ2v) is 4.48. The van der Waals surface area contributed by atoms with E-state index in [2.05, 4.69) is 13.8 Å². The van der Waals surface area contributed by atoms with E-state index in [1.165, 1.54) is 19.3 Å². The lowest BCUT2D eigenvalue weighted by atomic mass is 9.74. The van der Waals surface area contributed by atoms with Crippen LogP contribution in [0.25, 0.3) is 0 Å². The van der Waals surface area contributed by atoms with Crippen LogP contribution >= 0.6 is 11.6 Å². The van der Waals surface area contributed by atoms with Gasteiger partial charge in [0.1, 0.15) is 0 Å². The Morgan fingerprint density at radius 1 is 1.21 bits per heavy atom. The normalized spacial score (nSPS) is 26.7. The molecule has 2 heteroatoms. The first-order valence-electron chi connectivity index (χ1n) is 5.82. The molecule has 1 fully saturated rings. The maximum absolute atomic E-state index is 11.1. The van der Waals surface area contributed by atoms with Crippen LogP contribution in [0.2, 0.25) is 0 Å². The van der Waals surface area contributed by atoms with Crippen molar-refractivity contribution in [3.05, 3.63) is 0 Å². The summed E-state index contributed by atoms with van der Waals surface area (Å²) in [5.41, 5.74) is 0. The van der Waals surface area contributed by atoms with Gasteiger partial charge < -0.3 is 0 Å². The zero-order valence-corrected chi connectivity index (χ0v) is 10.6. The van der Waals surface area contributed by atoms with Gasteiger partial charge in [-0.3, -0.25) is 4.79 Å². The molecule has 0 heterocycles. The topological polar surface area (TPSA) is 17.1 Å². The Bertz CT molecular complexity index is 166. The van der Waals surface area contributed by atoms with E-state index in [9.17, 15) is 4.79 Å². The van der Waals surface area contributed by atoms with Crippen LogP contribution in [0, 0.1) is 17.8 Å². The number of halogens is 1. The van der Waals surface area contributed by atoms with Gasteiger partial charge in [0.2, 0.25) is 5.24 Å². The predicted octanol–water partition coefficient (Wildman–Crippen LogP) is 4.24. The van der Waals surface area contributed by atoms with Crippen LogP contribution in [0.4, 0.5) is 0 Å². The van der Waals surface area contributed by atoms with Crippen LogP contribution in [-0.4, -0.2) is 5.24 Å². The Morgan fingerprint density at radius 3 is 2.07 bits per heavy atom. The molecular weight excluding hydrogens is 196 g/mol. The average Bonchev–Trinajstić information content (AvgIpc) is 2.20. The lowest BCUT2D eigenvalue weighted by molar-refractivity contribution is -0.118. The molecule has 1 unspecified atom stereocenters. The molecular formula is C12H23ClO. The van der Waals surface area contributed by atoms with Gasteiger partial charge in [0.25, 0.3) is 0 Å². The van der Waals surface area contributed by atoms with Crippen molar-refractivity contribution in [3.8, 4) is 0 Å². The molecule has 0 aromatic heterocycles. The van der Waals surface area contributed by atoms with Gasteiger partial charge in [0, 0.05) is 5.92 Å². The van der Waals surface area contributed by atoms with Gasteiger partial charge in [-0.2, -0.15) is 0 Å². The Hall–Kier alpha value is -0.0400. The Kier molecular flexibility index (Phi) is 7.26. The highest BCUT2D eigenvalue weighted by molar-refractivity contribution is 6.64. The van der Waals surface area contributed by atoms with Crippen molar-refractivity contribution in [1.29, 1.82) is 0 Å². The zero-order chi connectivity index (χ0) is 11.1. The third-order valence-electron chi connectivity index (χ3n) is 2.97. The van der Waals surface area contributed by atoms with Crippen LogP contribution < -0.4 is 0 Å². The SMILES string of the molecule is CC.CC(C)[C@@H]1CCCCC1C(=O)Cl. The van der Waals surface area contributed by atoms with Crippen LogP contribution in [0.1, 0.15) is 53.4 Å². The lowest BCUT2D eigenvalue weighted by Crippen LogP contribution is -2.28. The molecule has 0 aromatic rings. The average molecular weight is 219 g/mol. The second-order valence-electron chi connectivity index (χ2n) is 4.10. The molecule has 14 heavy (non-hydrogen) atoms. The van der Waals surface area contributed by atoms with Crippen molar-refractivity contribution in [3.63, 3.8) is 0 Å². The van der Waals surface area contributed by atoms with E-state index in [1.54, 1.807) is 0 Å². The van der Waals surface area contributed by atoms with E-state index >= 15 is 0 Å². The molecule has 84 valence electrons. The second kappa shape index (κ2) is 7.28. The minimum atomic E-state index is -0.117. The first-order chi connectivity index (χ1) is 6.63. The number of rotatable bonds is 2. The molecule has 1 aliphatic rings. The summed E-state index contributed by atoms with van der Waals surface area (Å²) < 4.78 is 0. The van der Waals surface area contributed by atoms with Crippen LogP contribution in [-0.2, 0) is 4.79 Å². The molecule has 1 rings (SSSR count). The summed E-state index contributed by atoms with van der Waals surface area (Å²) in [6.45, 7) is 8.37. The molecule has 0 aliphatic heterocycles. The van der Waals surface area contributed by atoms with Crippen molar-refractivity contribution in [2.24, 2.45) is 17.8 Å². The number of carbonyl (C=O) groups excluding carboxylic acids is 1. The first kappa shape index (κ1) is 14.0. The highest BCUT2D eigenvalue weighted by Gasteiger charge is 2.31. The van der Waals surface area contributed by atoms with Gasteiger partial charge in [0.15, 0.2) is 0 Å². The highest BCUT2D eigenvalue weighted by Crippen LogP contribution is 2.36. The molecule has 0 radical (unpaired) electrons. The molecule has 1 nitrogen and oxygen atoms in total. The standard InChI is InChI=1S/C10H17ClO.C2H6/c1-7(2)8-5-3-4-6-9(8)10(11)12;1-2/h7-9H,3-6H2,1-2H3;1-2H3/t8-,9?;/m0./s1. The van der Waals surface area contributed by atoms with Crippen molar-refractivity contribution in [2.75, 3.05) is 0 Å². The molecule has 0 aromatic carbocycles. The number of hydrogen-bond acceptors (Lipinski definition) is 1. The number of carbonyl (C=O) groups is 1. The van der Waals surface area contributed by atoms with E-state index in [-0.39, 0.29) is 11.2 Å². The van der Waals surface area contributed by atoms with Gasteiger partial charge in [-0.05, 0) is 36.3 Å². The van der Waals surface area contributed by atoms with Crippen LogP contribution in [0.3, 0.4) is 0 Å². The van der Waals surface area contributed by atoms with E-state index in [4.69, 9.17) is 11.6 Å². The Morgan fingerprint density at radius 2 is 1.71 bits per heavy atom. The van der Waals surface area contributed by atoms with Crippen molar-refractivity contribution in [1.82, 2.24) is 0 Å². The lowest BCUT2D eigenvalue weighted by Gasteiger charge is -2.31.